The van der Waals surface area contributed by atoms with E-state index >= 15 is 0 Å². The molecule has 0 amide bonds. The lowest BCUT2D eigenvalue weighted by Gasteiger charge is -2.43. The van der Waals surface area contributed by atoms with E-state index in [1.54, 1.807) is 0 Å². The first-order valence-corrected chi connectivity index (χ1v) is 20.6. The lowest BCUT2D eigenvalue weighted by Crippen LogP contribution is -2.43. The summed E-state index contributed by atoms with van der Waals surface area (Å²) in [5, 5.41) is 6.26. The van der Waals surface area contributed by atoms with E-state index in [-0.39, 0.29) is 5.92 Å². The summed E-state index contributed by atoms with van der Waals surface area (Å²) in [6.07, 6.45) is 4.83. The average Bonchev–Trinajstić information content (AvgIpc) is 4.01. The molecule has 59 heavy (non-hydrogen) atoms. The van der Waals surface area contributed by atoms with Gasteiger partial charge in [0.15, 0.2) is 0 Å². The molecule has 4 heteroatoms. The number of hydrogen-bond donors (Lipinski definition) is 0. The van der Waals surface area contributed by atoms with Gasteiger partial charge >= 0.3 is 0 Å². The summed E-state index contributed by atoms with van der Waals surface area (Å²) >= 11 is 0. The third kappa shape index (κ3) is 4.27. The van der Waals surface area contributed by atoms with Gasteiger partial charge in [0, 0.05) is 66.8 Å². The molecular weight excluding hydrogens is 717 g/mol. The van der Waals surface area contributed by atoms with Crippen molar-refractivity contribution in [3.63, 3.8) is 0 Å². The van der Waals surface area contributed by atoms with Crippen LogP contribution in [0.15, 0.2) is 200 Å². The molecule has 278 valence electrons. The van der Waals surface area contributed by atoms with Gasteiger partial charge in [0.2, 0.25) is 0 Å². The third-order valence-electron chi connectivity index (χ3n) is 13.3. The van der Waals surface area contributed by atoms with Crippen molar-refractivity contribution in [1.82, 2.24) is 13.7 Å². The summed E-state index contributed by atoms with van der Waals surface area (Å²) in [6.45, 7) is 2.45. The minimum Gasteiger partial charge on any atom is -0.329 e. The van der Waals surface area contributed by atoms with Gasteiger partial charge in [-0.25, -0.2) is 0 Å². The highest BCUT2D eigenvalue weighted by Gasteiger charge is 2.53. The Hall–Kier alpha value is -7.56. The predicted molar refractivity (Wildman–Crippen MR) is 246 cm³/mol. The van der Waals surface area contributed by atoms with Gasteiger partial charge in [-0.3, -0.25) is 0 Å². The highest BCUT2D eigenvalue weighted by Crippen LogP contribution is 2.60. The second-order valence-corrected chi connectivity index (χ2v) is 16.2. The van der Waals surface area contributed by atoms with Crippen LogP contribution in [0.25, 0.3) is 77.7 Å². The van der Waals surface area contributed by atoms with E-state index in [1.165, 1.54) is 82.7 Å². The summed E-state index contributed by atoms with van der Waals surface area (Å²) in [4.78, 5) is 2.59. The van der Waals surface area contributed by atoms with Crippen molar-refractivity contribution < 1.29 is 0 Å². The normalized spacial score (nSPS) is 17.0. The molecule has 1 aliphatic carbocycles. The first kappa shape index (κ1) is 32.5. The third-order valence-corrected chi connectivity index (χ3v) is 13.3. The van der Waals surface area contributed by atoms with Crippen molar-refractivity contribution >= 4 is 72.0 Å². The van der Waals surface area contributed by atoms with E-state index in [2.05, 4.69) is 232 Å². The molecular formula is C55H38N4. The molecule has 2 atom stereocenters. The van der Waals surface area contributed by atoms with Gasteiger partial charge in [-0.1, -0.05) is 133 Å². The number of benzene rings is 8. The molecule has 0 N–H and O–H groups in total. The lowest BCUT2D eigenvalue weighted by molar-refractivity contribution is 0.439. The van der Waals surface area contributed by atoms with Crippen LogP contribution in [-0.4, -0.2) is 13.7 Å². The van der Waals surface area contributed by atoms with Gasteiger partial charge in [-0.05, 0) is 85.3 Å². The fraction of sp³-hybridized carbons (Fsp3) is 0.0545. The minimum atomic E-state index is -0.393. The summed E-state index contributed by atoms with van der Waals surface area (Å²) in [5.41, 5.74) is 15.5. The van der Waals surface area contributed by atoms with Crippen molar-refractivity contribution in [3.05, 3.63) is 217 Å². The Bertz CT molecular complexity index is 3510. The van der Waals surface area contributed by atoms with E-state index in [0.717, 1.165) is 17.1 Å². The minimum absolute atomic E-state index is 0.171. The van der Waals surface area contributed by atoms with E-state index < -0.39 is 5.54 Å². The van der Waals surface area contributed by atoms with Crippen molar-refractivity contribution in [3.8, 4) is 17.1 Å². The van der Waals surface area contributed by atoms with Crippen LogP contribution < -0.4 is 4.90 Å². The molecule has 2 aliphatic rings. The second-order valence-electron chi connectivity index (χ2n) is 16.2. The number of aromatic nitrogens is 3. The Morgan fingerprint density at radius 2 is 0.847 bits per heavy atom. The molecule has 2 unspecified atom stereocenters. The molecule has 8 aromatic carbocycles. The number of para-hydroxylation sites is 6. The molecule has 3 aromatic heterocycles. The number of rotatable bonds is 4. The zero-order chi connectivity index (χ0) is 38.8. The van der Waals surface area contributed by atoms with Gasteiger partial charge in [0.25, 0.3) is 0 Å². The van der Waals surface area contributed by atoms with Gasteiger partial charge in [-0.15, -0.1) is 0 Å². The number of hydrogen-bond acceptors (Lipinski definition) is 1. The summed E-state index contributed by atoms with van der Waals surface area (Å²) in [5.74, 6) is 0.171. The average molecular weight is 755 g/mol. The maximum Gasteiger partial charge on any atom is 0.0937 e. The van der Waals surface area contributed by atoms with Crippen LogP contribution in [0.4, 0.5) is 11.4 Å². The Kier molecular flexibility index (Phi) is 6.60. The number of anilines is 2. The van der Waals surface area contributed by atoms with Gasteiger partial charge in [-0.2, -0.15) is 0 Å². The molecule has 0 spiro atoms. The van der Waals surface area contributed by atoms with E-state index in [4.69, 9.17) is 0 Å². The largest absolute Gasteiger partial charge is 0.329 e. The topological polar surface area (TPSA) is 18.0 Å². The zero-order valence-electron chi connectivity index (χ0n) is 32.5. The highest BCUT2D eigenvalue weighted by atomic mass is 15.3. The number of fused-ring (bicyclic) bond motifs is 14. The first-order valence-electron chi connectivity index (χ1n) is 20.6. The highest BCUT2D eigenvalue weighted by molar-refractivity contribution is 6.23. The Labute approximate surface area is 341 Å². The summed E-state index contributed by atoms with van der Waals surface area (Å²) in [7, 11) is 0. The van der Waals surface area contributed by atoms with Crippen LogP contribution in [0.3, 0.4) is 0 Å². The lowest BCUT2D eigenvalue weighted by atomic mass is 9.75. The summed E-state index contributed by atoms with van der Waals surface area (Å²) < 4.78 is 7.49. The maximum atomic E-state index is 2.59. The fourth-order valence-corrected chi connectivity index (χ4v) is 10.9. The molecule has 0 radical (unpaired) electrons. The van der Waals surface area contributed by atoms with Crippen LogP contribution in [-0.2, 0) is 5.54 Å². The zero-order valence-corrected chi connectivity index (χ0v) is 32.5. The molecule has 0 saturated heterocycles. The van der Waals surface area contributed by atoms with Crippen molar-refractivity contribution in [2.24, 2.45) is 0 Å². The van der Waals surface area contributed by atoms with Crippen molar-refractivity contribution in [2.45, 2.75) is 18.4 Å². The Balaban J connectivity index is 1.07. The van der Waals surface area contributed by atoms with Gasteiger partial charge in [0.05, 0.1) is 38.8 Å². The maximum absolute atomic E-state index is 2.59. The predicted octanol–water partition coefficient (Wildman–Crippen LogP) is 14.0. The van der Waals surface area contributed by atoms with E-state index in [9.17, 15) is 0 Å². The standard InChI is InChI=1S/C55H38N4/c1-55-47(46-23-11-15-27-51(46)59(55)39-18-6-3-7-19-39)35-34-45-42-22-10-14-26-50(42)58(54(45)55)38-30-28-37(29-31-38)57-49-25-13-9-21-41(49)44-33-32-43-40-20-8-12-24-48(40)56(52(43)53(44)57)36-16-4-2-5-17-36/h2-35,47H,1H3. The summed E-state index contributed by atoms with van der Waals surface area (Å²) in [6, 6.07) is 71.3. The second kappa shape index (κ2) is 12.0. The molecule has 13 rings (SSSR count). The first-order chi connectivity index (χ1) is 29.2. The van der Waals surface area contributed by atoms with Crippen molar-refractivity contribution in [1.29, 1.82) is 0 Å². The van der Waals surface area contributed by atoms with E-state index in [1.807, 2.05) is 0 Å². The molecule has 0 bridgehead atoms. The van der Waals surface area contributed by atoms with Crippen LogP contribution in [0.5, 0.6) is 0 Å². The number of nitrogens with zero attached hydrogens (tertiary/aromatic N) is 4. The monoisotopic (exact) mass is 754 g/mol. The molecule has 11 aromatic rings. The SMILES string of the molecule is CC12c3c(c4ccccc4n3-c3ccc(-n4c5ccccc5c5ccc6c7ccccc7n(-c7ccccc7)c6c54)cc3)C=CC1c1ccccc1N2c1ccccc1. The van der Waals surface area contributed by atoms with Gasteiger partial charge in [0.1, 0.15) is 0 Å². The molecule has 4 heterocycles. The Morgan fingerprint density at radius 3 is 1.46 bits per heavy atom. The smallest absolute Gasteiger partial charge is 0.0937 e. The van der Waals surface area contributed by atoms with E-state index in [0.29, 0.717) is 0 Å². The molecule has 1 aliphatic heterocycles. The molecule has 0 fully saturated rings. The van der Waals surface area contributed by atoms with Crippen LogP contribution >= 0.6 is 0 Å². The molecule has 4 nitrogen and oxygen atoms in total. The Morgan fingerprint density at radius 1 is 0.390 bits per heavy atom. The van der Waals surface area contributed by atoms with Crippen LogP contribution in [0.2, 0.25) is 0 Å². The van der Waals surface area contributed by atoms with Crippen LogP contribution in [0.1, 0.15) is 29.7 Å². The van der Waals surface area contributed by atoms with Gasteiger partial charge < -0.3 is 18.6 Å². The van der Waals surface area contributed by atoms with Crippen molar-refractivity contribution in [2.75, 3.05) is 4.90 Å². The van der Waals surface area contributed by atoms with Crippen LogP contribution in [0, 0.1) is 0 Å². The quantitative estimate of drug-likeness (QED) is 0.175. The molecule has 0 saturated carbocycles. The fourth-order valence-electron chi connectivity index (χ4n) is 10.9.